The van der Waals surface area contributed by atoms with Crippen molar-refractivity contribution in [2.75, 3.05) is 21.3 Å². The van der Waals surface area contributed by atoms with Crippen LogP contribution in [0.4, 0.5) is 0 Å². The van der Waals surface area contributed by atoms with Gasteiger partial charge in [-0.3, -0.25) is 9.59 Å². The van der Waals surface area contributed by atoms with E-state index in [-0.39, 0.29) is 30.8 Å². The molecule has 1 aliphatic rings. The first-order chi connectivity index (χ1) is 20.5. The van der Waals surface area contributed by atoms with Gasteiger partial charge in [0, 0.05) is 29.7 Å². The number of amides is 2. The number of hydrogen-bond donors (Lipinski definition) is 2. The third kappa shape index (κ3) is 6.54. The van der Waals surface area contributed by atoms with E-state index >= 15 is 0 Å². The number of H-pyrrole nitrogens is 1. The van der Waals surface area contributed by atoms with E-state index in [1.54, 1.807) is 38.4 Å². The molecule has 8 heteroatoms. The summed E-state index contributed by atoms with van der Waals surface area (Å²) in [7, 11) is 4.76. The first-order valence-corrected chi connectivity index (χ1v) is 14.5. The highest BCUT2D eigenvalue weighted by Gasteiger charge is 2.34. The zero-order valence-corrected chi connectivity index (χ0v) is 24.5. The van der Waals surface area contributed by atoms with Gasteiger partial charge in [-0.05, 0) is 59.9 Å². The first-order valence-electron chi connectivity index (χ1n) is 14.5. The molecule has 1 aliphatic carbocycles. The molecule has 0 unspecified atom stereocenters. The Morgan fingerprint density at radius 1 is 0.905 bits per heavy atom. The van der Waals surface area contributed by atoms with Crippen LogP contribution >= 0.6 is 0 Å². The van der Waals surface area contributed by atoms with Crippen molar-refractivity contribution in [1.29, 1.82) is 0 Å². The highest BCUT2D eigenvalue weighted by Crippen LogP contribution is 2.34. The van der Waals surface area contributed by atoms with Crippen molar-refractivity contribution in [3.8, 4) is 17.2 Å². The van der Waals surface area contributed by atoms with Crippen LogP contribution in [-0.4, -0.2) is 49.1 Å². The molecule has 1 fully saturated rings. The molecule has 0 radical (unpaired) electrons. The molecule has 3 aromatic carbocycles. The number of para-hydroxylation sites is 1. The van der Waals surface area contributed by atoms with Crippen molar-refractivity contribution in [3.63, 3.8) is 0 Å². The molecule has 2 amide bonds. The molecule has 0 spiro atoms. The number of benzene rings is 3. The van der Waals surface area contributed by atoms with Gasteiger partial charge in [-0.25, -0.2) is 0 Å². The highest BCUT2D eigenvalue weighted by molar-refractivity contribution is 5.92. The number of carbonyl (C=O) groups excluding carboxylic acids is 2. The van der Waals surface area contributed by atoms with Crippen molar-refractivity contribution >= 4 is 22.7 Å². The third-order valence-corrected chi connectivity index (χ3v) is 8.08. The number of nitrogens with one attached hydrogen (secondary N) is 2. The number of aromatic nitrogens is 1. The number of fused-ring (bicyclic) bond motifs is 1. The van der Waals surface area contributed by atoms with Gasteiger partial charge in [-0.15, -0.1) is 0 Å². The second-order valence-corrected chi connectivity index (χ2v) is 10.8. The summed E-state index contributed by atoms with van der Waals surface area (Å²) in [6, 6.07) is 20.1. The number of methoxy groups -OCH3 is 3. The lowest BCUT2D eigenvalue weighted by molar-refractivity contribution is -0.141. The molecule has 4 aromatic rings. The normalized spacial score (nSPS) is 14.3. The van der Waals surface area contributed by atoms with Gasteiger partial charge in [-0.1, -0.05) is 55.7 Å². The fourth-order valence-corrected chi connectivity index (χ4v) is 5.82. The summed E-state index contributed by atoms with van der Waals surface area (Å²) in [5, 5.41) is 4.27. The van der Waals surface area contributed by atoms with Crippen LogP contribution in [0.1, 0.15) is 54.8 Å². The first kappa shape index (κ1) is 29.0. The maximum atomic E-state index is 14.3. The third-order valence-electron chi connectivity index (χ3n) is 8.08. The van der Waals surface area contributed by atoms with Crippen LogP contribution in [0.3, 0.4) is 0 Å². The molecule has 2 N–H and O–H groups in total. The molecule has 5 rings (SSSR count). The van der Waals surface area contributed by atoms with E-state index in [0.717, 1.165) is 53.5 Å². The molecule has 220 valence electrons. The fourth-order valence-electron chi connectivity index (χ4n) is 5.82. The summed E-state index contributed by atoms with van der Waals surface area (Å²) in [6.07, 6.45) is 7.24. The van der Waals surface area contributed by atoms with E-state index in [9.17, 15) is 9.59 Å². The van der Waals surface area contributed by atoms with Gasteiger partial charge >= 0.3 is 0 Å². The monoisotopic (exact) mass is 569 g/mol. The predicted octanol–water partition coefficient (Wildman–Crippen LogP) is 5.96. The summed E-state index contributed by atoms with van der Waals surface area (Å²) < 4.78 is 16.4. The van der Waals surface area contributed by atoms with Crippen LogP contribution in [0, 0.1) is 0 Å². The SMILES string of the molecule is COc1ccc(CN(C(=O)Cc2c[nH]c3ccccc23)[C@@H](C(=O)NC2CCCCC2)c2ccc(OC)c(OC)c2)cc1. The van der Waals surface area contributed by atoms with E-state index in [0.29, 0.717) is 17.1 Å². The lowest BCUT2D eigenvalue weighted by Gasteiger charge is -2.34. The number of rotatable bonds is 11. The van der Waals surface area contributed by atoms with Crippen LogP contribution < -0.4 is 19.5 Å². The summed E-state index contributed by atoms with van der Waals surface area (Å²) in [5.74, 6) is 1.42. The number of aromatic amines is 1. The minimum Gasteiger partial charge on any atom is -0.497 e. The number of nitrogens with zero attached hydrogens (tertiary/aromatic N) is 1. The van der Waals surface area contributed by atoms with Crippen LogP contribution in [-0.2, 0) is 22.6 Å². The van der Waals surface area contributed by atoms with Gasteiger partial charge in [0.15, 0.2) is 11.5 Å². The largest absolute Gasteiger partial charge is 0.497 e. The van der Waals surface area contributed by atoms with Gasteiger partial charge in [-0.2, -0.15) is 0 Å². The summed E-state index contributed by atoms with van der Waals surface area (Å²) >= 11 is 0. The van der Waals surface area contributed by atoms with Gasteiger partial charge in [0.05, 0.1) is 27.8 Å². The topological polar surface area (TPSA) is 92.9 Å². The fraction of sp³-hybridized carbons (Fsp3) is 0.353. The minimum absolute atomic E-state index is 0.0837. The Morgan fingerprint density at radius 3 is 2.36 bits per heavy atom. The smallest absolute Gasteiger partial charge is 0.247 e. The quantitative estimate of drug-likeness (QED) is 0.233. The summed E-state index contributed by atoms with van der Waals surface area (Å²) in [4.78, 5) is 33.5. The van der Waals surface area contributed by atoms with Crippen molar-refractivity contribution in [3.05, 3.63) is 89.6 Å². The molecule has 1 saturated carbocycles. The molecule has 0 aliphatic heterocycles. The van der Waals surface area contributed by atoms with Gasteiger partial charge in [0.1, 0.15) is 11.8 Å². The molecule has 0 saturated heterocycles. The number of carbonyl (C=O) groups is 2. The minimum atomic E-state index is -0.883. The number of ether oxygens (including phenoxy) is 3. The van der Waals surface area contributed by atoms with E-state index in [4.69, 9.17) is 14.2 Å². The van der Waals surface area contributed by atoms with E-state index < -0.39 is 6.04 Å². The average molecular weight is 570 g/mol. The Balaban J connectivity index is 1.56. The van der Waals surface area contributed by atoms with Crippen LogP contribution in [0.25, 0.3) is 10.9 Å². The molecular formula is C34H39N3O5. The zero-order chi connectivity index (χ0) is 29.5. The molecule has 1 heterocycles. The van der Waals surface area contributed by atoms with Gasteiger partial charge in [0.2, 0.25) is 11.8 Å². The Hall–Kier alpha value is -4.46. The van der Waals surface area contributed by atoms with Crippen molar-refractivity contribution in [2.45, 2.75) is 57.2 Å². The van der Waals surface area contributed by atoms with Crippen LogP contribution in [0.2, 0.25) is 0 Å². The summed E-state index contributed by atoms with van der Waals surface area (Å²) in [6.45, 7) is 0.238. The van der Waals surface area contributed by atoms with Crippen molar-refractivity contribution < 1.29 is 23.8 Å². The maximum absolute atomic E-state index is 14.3. The van der Waals surface area contributed by atoms with Crippen LogP contribution in [0.15, 0.2) is 72.9 Å². The lowest BCUT2D eigenvalue weighted by Crippen LogP contribution is -2.47. The number of hydrogen-bond acceptors (Lipinski definition) is 5. The zero-order valence-electron chi connectivity index (χ0n) is 24.5. The molecule has 42 heavy (non-hydrogen) atoms. The average Bonchev–Trinajstić information content (AvgIpc) is 3.43. The van der Waals surface area contributed by atoms with E-state index in [1.165, 1.54) is 6.42 Å². The Bertz CT molecular complexity index is 1510. The van der Waals surface area contributed by atoms with Crippen molar-refractivity contribution in [2.24, 2.45) is 0 Å². The standard InChI is InChI=1S/C34H39N3O5/c1-40-27-16-13-23(14-17-27)22-37(32(38)20-25-21-35-29-12-8-7-11-28(25)29)33(34(39)36-26-9-5-4-6-10-26)24-15-18-30(41-2)31(19-24)42-3/h7-8,11-19,21,26,33,35H,4-6,9-10,20,22H2,1-3H3,(H,36,39)/t33-/m1/s1. The lowest BCUT2D eigenvalue weighted by atomic mass is 9.94. The second kappa shape index (κ2) is 13.5. The van der Waals surface area contributed by atoms with E-state index in [2.05, 4.69) is 10.3 Å². The Kier molecular flexibility index (Phi) is 9.31. The van der Waals surface area contributed by atoms with E-state index in [1.807, 2.05) is 60.8 Å². The highest BCUT2D eigenvalue weighted by atomic mass is 16.5. The Morgan fingerprint density at radius 2 is 1.64 bits per heavy atom. The van der Waals surface area contributed by atoms with Crippen molar-refractivity contribution in [1.82, 2.24) is 15.2 Å². The molecule has 0 bridgehead atoms. The molecule has 1 aromatic heterocycles. The predicted molar refractivity (Wildman–Crippen MR) is 163 cm³/mol. The van der Waals surface area contributed by atoms with Crippen LogP contribution in [0.5, 0.6) is 17.2 Å². The summed E-state index contributed by atoms with van der Waals surface area (Å²) in [5.41, 5.74) is 3.39. The van der Waals surface area contributed by atoms with Gasteiger partial charge < -0.3 is 29.4 Å². The molecular weight excluding hydrogens is 530 g/mol. The molecule has 1 atom stereocenters. The molecule has 8 nitrogen and oxygen atoms in total. The maximum Gasteiger partial charge on any atom is 0.247 e. The second-order valence-electron chi connectivity index (χ2n) is 10.8. The Labute approximate surface area is 247 Å². The van der Waals surface area contributed by atoms with Gasteiger partial charge in [0.25, 0.3) is 0 Å².